The topological polar surface area (TPSA) is 55.4 Å². The number of amides is 1. The largest absolute Gasteiger partial charge is 0.465 e. The van der Waals surface area contributed by atoms with Crippen molar-refractivity contribution in [1.82, 2.24) is 0 Å². The third kappa shape index (κ3) is 3.44. The van der Waals surface area contributed by atoms with Crippen molar-refractivity contribution in [3.8, 4) is 11.1 Å². The van der Waals surface area contributed by atoms with Crippen molar-refractivity contribution < 1.29 is 14.3 Å². The minimum atomic E-state index is -0.609. The molecule has 2 aromatic rings. The summed E-state index contributed by atoms with van der Waals surface area (Å²) in [5.41, 5.74) is 0.890. The van der Waals surface area contributed by atoms with Crippen molar-refractivity contribution in [3.05, 3.63) is 39.2 Å². The van der Waals surface area contributed by atoms with Gasteiger partial charge in [0.2, 0.25) is 5.91 Å². The lowest BCUT2D eigenvalue weighted by Crippen LogP contribution is -2.26. The molecule has 0 aliphatic heterocycles. The number of rotatable bonds is 4. The lowest BCUT2D eigenvalue weighted by molar-refractivity contribution is -0.120. The summed E-state index contributed by atoms with van der Waals surface area (Å²) in [7, 11) is 1.29. The molecular weight excluding hydrogens is 529 g/mol. The zero-order chi connectivity index (χ0) is 19.3. The Morgan fingerprint density at radius 2 is 1.92 bits per heavy atom. The summed E-state index contributed by atoms with van der Waals surface area (Å²) in [5, 5.41) is 5.95. The molecular formula is C17H13Br2Cl2NO3S. The molecule has 0 unspecified atom stereocenters. The van der Waals surface area contributed by atoms with Crippen LogP contribution in [0.1, 0.15) is 23.7 Å². The summed E-state index contributed by atoms with van der Waals surface area (Å²) in [6.07, 6.45) is 0.640. The normalized spacial score (nSPS) is 20.5. The van der Waals surface area contributed by atoms with Crippen LogP contribution in [0.5, 0.6) is 0 Å². The molecule has 1 N–H and O–H groups in total. The number of nitrogens with one attached hydrogen (secondary N) is 1. The van der Waals surface area contributed by atoms with E-state index in [-0.39, 0.29) is 11.5 Å². The maximum atomic E-state index is 12.7. The quantitative estimate of drug-likeness (QED) is 0.363. The van der Waals surface area contributed by atoms with E-state index in [1.807, 2.05) is 6.92 Å². The second-order valence-electron chi connectivity index (χ2n) is 6.14. The van der Waals surface area contributed by atoms with Gasteiger partial charge in [-0.3, -0.25) is 4.79 Å². The van der Waals surface area contributed by atoms with E-state index >= 15 is 0 Å². The van der Waals surface area contributed by atoms with Crippen LogP contribution in [0.2, 0.25) is 10.0 Å². The number of esters is 1. The Morgan fingerprint density at radius 3 is 2.46 bits per heavy atom. The Balaban J connectivity index is 2.01. The lowest BCUT2D eigenvalue weighted by atomic mass is 10.0. The van der Waals surface area contributed by atoms with Gasteiger partial charge in [0.05, 0.1) is 15.8 Å². The highest BCUT2D eigenvalue weighted by atomic mass is 79.9. The highest BCUT2D eigenvalue weighted by Gasteiger charge is 2.66. The maximum absolute atomic E-state index is 12.7. The molecule has 1 amide bonds. The average molecular weight is 542 g/mol. The molecule has 4 nitrogen and oxygen atoms in total. The fraction of sp³-hybridized carbons (Fsp3) is 0.294. The van der Waals surface area contributed by atoms with E-state index < -0.39 is 14.6 Å². The number of halogens is 4. The number of methoxy groups -OCH3 is 1. The Hall–Kier alpha value is -0.600. The van der Waals surface area contributed by atoms with E-state index in [0.717, 1.165) is 0 Å². The molecule has 1 heterocycles. The molecule has 1 aliphatic rings. The minimum absolute atomic E-state index is 0.188. The van der Waals surface area contributed by atoms with Gasteiger partial charge in [-0.15, -0.1) is 11.3 Å². The molecule has 1 atom stereocenters. The molecule has 0 saturated heterocycles. The highest BCUT2D eigenvalue weighted by molar-refractivity contribution is 9.25. The summed E-state index contributed by atoms with van der Waals surface area (Å²) in [4.78, 5) is 25.1. The summed E-state index contributed by atoms with van der Waals surface area (Å²) in [6.45, 7) is 1.84. The number of hydrogen-bond acceptors (Lipinski definition) is 4. The van der Waals surface area contributed by atoms with Gasteiger partial charge in [-0.25, -0.2) is 4.79 Å². The number of benzene rings is 1. The van der Waals surface area contributed by atoms with Crippen molar-refractivity contribution in [1.29, 1.82) is 0 Å². The second kappa shape index (κ2) is 7.09. The van der Waals surface area contributed by atoms with Crippen LogP contribution < -0.4 is 5.32 Å². The van der Waals surface area contributed by atoms with Gasteiger partial charge in [0, 0.05) is 26.6 Å². The number of carbonyl (C=O) groups excluding carboxylic acids is 2. The smallest absolute Gasteiger partial charge is 0.341 e. The van der Waals surface area contributed by atoms with Crippen LogP contribution in [0.3, 0.4) is 0 Å². The molecule has 9 heteroatoms. The van der Waals surface area contributed by atoms with Crippen molar-refractivity contribution in [2.75, 3.05) is 12.4 Å². The Labute approximate surface area is 181 Å². The maximum Gasteiger partial charge on any atom is 0.341 e. The predicted octanol–water partition coefficient (Wildman–Crippen LogP) is 6.34. The molecule has 0 radical (unpaired) electrons. The van der Waals surface area contributed by atoms with Crippen molar-refractivity contribution in [3.63, 3.8) is 0 Å². The van der Waals surface area contributed by atoms with Crippen LogP contribution in [-0.4, -0.2) is 22.2 Å². The van der Waals surface area contributed by atoms with E-state index in [4.69, 9.17) is 27.9 Å². The van der Waals surface area contributed by atoms with Gasteiger partial charge in [0.15, 0.2) is 0 Å². The molecule has 26 heavy (non-hydrogen) atoms. The summed E-state index contributed by atoms with van der Waals surface area (Å²) < 4.78 is 4.49. The van der Waals surface area contributed by atoms with Crippen LogP contribution in [-0.2, 0) is 9.53 Å². The summed E-state index contributed by atoms with van der Waals surface area (Å²) >= 11 is 20.4. The van der Waals surface area contributed by atoms with Crippen molar-refractivity contribution in [2.24, 2.45) is 5.41 Å². The van der Waals surface area contributed by atoms with Gasteiger partial charge in [-0.1, -0.05) is 61.1 Å². The van der Waals surface area contributed by atoms with Gasteiger partial charge in [0.25, 0.3) is 0 Å². The van der Waals surface area contributed by atoms with Crippen LogP contribution in [0.15, 0.2) is 23.6 Å². The fourth-order valence-corrected chi connectivity index (χ4v) is 5.48. The first kappa shape index (κ1) is 20.1. The number of alkyl halides is 2. The zero-order valence-corrected chi connectivity index (χ0v) is 19.2. The van der Waals surface area contributed by atoms with Crippen LogP contribution in [0.4, 0.5) is 5.00 Å². The standard InChI is InChI=1S/C17H13Br2Cl2NO3S/c1-16(7-17(16,18)19)15(24)22-13-12(14(23)25-2)10(6-26-13)9-4-3-8(20)5-11(9)21/h3-6H,7H2,1-2H3,(H,22,24)/t16-/m1/s1. The molecule has 3 rings (SSSR count). The van der Waals surface area contributed by atoms with Crippen LogP contribution in [0.25, 0.3) is 11.1 Å². The van der Waals surface area contributed by atoms with Gasteiger partial charge in [-0.2, -0.15) is 0 Å². The van der Waals surface area contributed by atoms with E-state index in [2.05, 4.69) is 37.2 Å². The SMILES string of the molecule is COC(=O)c1c(-c2ccc(Cl)cc2Cl)csc1NC(=O)[C@@]1(C)CC1(Br)Br. The number of hydrogen-bond donors (Lipinski definition) is 1. The van der Waals surface area contributed by atoms with Crippen LogP contribution in [0, 0.1) is 5.41 Å². The minimum Gasteiger partial charge on any atom is -0.465 e. The van der Waals surface area contributed by atoms with Gasteiger partial charge >= 0.3 is 5.97 Å². The first-order chi connectivity index (χ1) is 12.1. The molecule has 1 aliphatic carbocycles. The van der Waals surface area contributed by atoms with Gasteiger partial charge in [0.1, 0.15) is 10.6 Å². The Kier molecular flexibility index (Phi) is 5.50. The number of thiophene rings is 1. The fourth-order valence-electron chi connectivity index (χ4n) is 2.55. The second-order valence-corrected chi connectivity index (χ2v) is 11.6. The molecule has 138 valence electrons. The first-order valence-electron chi connectivity index (χ1n) is 7.45. The average Bonchev–Trinajstić information content (AvgIpc) is 2.90. The lowest BCUT2D eigenvalue weighted by Gasteiger charge is -2.13. The predicted molar refractivity (Wildman–Crippen MR) is 113 cm³/mol. The van der Waals surface area contributed by atoms with E-state index in [1.54, 1.807) is 23.6 Å². The number of carbonyl (C=O) groups is 2. The summed E-state index contributed by atoms with van der Waals surface area (Å²) in [5.74, 6) is -0.737. The molecule has 1 aromatic heterocycles. The van der Waals surface area contributed by atoms with Gasteiger partial charge in [-0.05, 0) is 25.5 Å². The number of anilines is 1. The zero-order valence-electron chi connectivity index (χ0n) is 13.7. The number of ether oxygens (including phenoxy) is 1. The van der Waals surface area contributed by atoms with Crippen LogP contribution >= 0.6 is 66.4 Å². The molecule has 1 fully saturated rings. The van der Waals surface area contributed by atoms with Gasteiger partial charge < -0.3 is 10.1 Å². The Morgan fingerprint density at radius 1 is 1.27 bits per heavy atom. The monoisotopic (exact) mass is 539 g/mol. The highest BCUT2D eigenvalue weighted by Crippen LogP contribution is 2.66. The van der Waals surface area contributed by atoms with E-state index in [1.165, 1.54) is 18.4 Å². The van der Waals surface area contributed by atoms with E-state index in [0.29, 0.717) is 32.6 Å². The Bertz CT molecular complexity index is 915. The third-order valence-corrected chi connectivity index (χ3v) is 8.14. The molecule has 1 aromatic carbocycles. The summed E-state index contributed by atoms with van der Waals surface area (Å²) in [6, 6.07) is 5.02. The first-order valence-corrected chi connectivity index (χ1v) is 10.7. The molecule has 0 bridgehead atoms. The van der Waals surface area contributed by atoms with Crippen molar-refractivity contribution in [2.45, 2.75) is 16.6 Å². The molecule has 0 spiro atoms. The molecule has 1 saturated carbocycles. The third-order valence-electron chi connectivity index (χ3n) is 4.39. The van der Waals surface area contributed by atoms with E-state index in [9.17, 15) is 9.59 Å². The van der Waals surface area contributed by atoms with Crippen molar-refractivity contribution >= 4 is 83.3 Å².